The van der Waals surface area contributed by atoms with E-state index in [0.717, 1.165) is 5.56 Å². The molecule has 0 radical (unpaired) electrons. The second-order valence-electron chi connectivity index (χ2n) is 6.03. The molecule has 2 aromatic rings. The van der Waals surface area contributed by atoms with Crippen molar-refractivity contribution in [3.05, 3.63) is 65.2 Å². The first-order chi connectivity index (χ1) is 13.4. The van der Waals surface area contributed by atoms with Crippen molar-refractivity contribution < 1.29 is 23.0 Å². The molecule has 0 spiro atoms. The second-order valence-corrected chi connectivity index (χ2v) is 6.44. The van der Waals surface area contributed by atoms with Gasteiger partial charge in [-0.15, -0.1) is 0 Å². The summed E-state index contributed by atoms with van der Waals surface area (Å²) in [6.45, 7) is -1.56. The number of carbonyl (C=O) groups is 1. The lowest BCUT2D eigenvalue weighted by Crippen LogP contribution is -2.44. The van der Waals surface area contributed by atoms with E-state index in [1.807, 2.05) is 30.3 Å². The van der Waals surface area contributed by atoms with Crippen molar-refractivity contribution in [1.82, 2.24) is 10.6 Å². The SMILES string of the molecule is COc1ccc([C@H]2NC(=S)NC(c3ccccc3)=C2C(C)=O)cc1OC(F)F. The van der Waals surface area contributed by atoms with Crippen molar-refractivity contribution in [1.29, 1.82) is 0 Å². The Kier molecular flexibility index (Phi) is 5.89. The van der Waals surface area contributed by atoms with E-state index < -0.39 is 12.7 Å². The van der Waals surface area contributed by atoms with Crippen LogP contribution >= 0.6 is 12.2 Å². The van der Waals surface area contributed by atoms with Gasteiger partial charge in [0.25, 0.3) is 0 Å². The van der Waals surface area contributed by atoms with Crippen LogP contribution in [-0.4, -0.2) is 24.6 Å². The summed E-state index contributed by atoms with van der Waals surface area (Å²) in [6.07, 6.45) is 0. The van der Waals surface area contributed by atoms with Crippen LogP contribution < -0.4 is 20.1 Å². The number of nitrogens with one attached hydrogen (secondary N) is 2. The van der Waals surface area contributed by atoms with Crippen molar-refractivity contribution in [2.24, 2.45) is 0 Å². The highest BCUT2D eigenvalue weighted by atomic mass is 32.1. The third-order valence-electron chi connectivity index (χ3n) is 4.25. The Balaban J connectivity index is 2.14. The summed E-state index contributed by atoms with van der Waals surface area (Å²) < 4.78 is 35.2. The first kappa shape index (κ1) is 19.8. The monoisotopic (exact) mass is 404 g/mol. The minimum Gasteiger partial charge on any atom is -0.493 e. The molecule has 0 amide bonds. The quantitative estimate of drug-likeness (QED) is 0.714. The summed E-state index contributed by atoms with van der Waals surface area (Å²) in [6, 6.07) is 13.3. The molecule has 3 rings (SSSR count). The standard InChI is InChI=1S/C20H18F2N2O3S/c1-11(25)16-17(12-6-4-3-5-7-12)23-20(28)24-18(16)13-8-9-14(26-2)15(10-13)27-19(21)22/h3-10,18-19H,1-2H3,(H2,23,24,28)/t18-/m1/s1. The van der Waals surface area contributed by atoms with Gasteiger partial charge in [-0.25, -0.2) is 0 Å². The predicted octanol–water partition coefficient (Wildman–Crippen LogP) is 3.82. The average molecular weight is 404 g/mol. The second kappa shape index (κ2) is 8.35. The Morgan fingerprint density at radius 2 is 1.86 bits per heavy atom. The summed E-state index contributed by atoms with van der Waals surface area (Å²) in [4.78, 5) is 12.5. The number of hydrogen-bond donors (Lipinski definition) is 2. The summed E-state index contributed by atoms with van der Waals surface area (Å²) in [5, 5.41) is 6.40. The molecular formula is C20H18F2N2O3S. The molecule has 2 aromatic carbocycles. The van der Waals surface area contributed by atoms with Crippen molar-refractivity contribution in [2.45, 2.75) is 19.6 Å². The number of alkyl halides is 2. The lowest BCUT2D eigenvalue weighted by molar-refractivity contribution is -0.113. The van der Waals surface area contributed by atoms with Gasteiger partial charge in [-0.3, -0.25) is 4.79 Å². The molecule has 0 bridgehead atoms. The number of carbonyl (C=O) groups excluding carboxylic acids is 1. The third kappa shape index (κ3) is 4.12. The van der Waals surface area contributed by atoms with Gasteiger partial charge in [-0.2, -0.15) is 8.78 Å². The smallest absolute Gasteiger partial charge is 0.387 e. The van der Waals surface area contributed by atoms with E-state index in [4.69, 9.17) is 17.0 Å². The van der Waals surface area contributed by atoms with Gasteiger partial charge < -0.3 is 20.1 Å². The number of ether oxygens (including phenoxy) is 2. The summed E-state index contributed by atoms with van der Waals surface area (Å²) >= 11 is 5.31. The van der Waals surface area contributed by atoms with Crippen molar-refractivity contribution in [3.63, 3.8) is 0 Å². The molecule has 0 fully saturated rings. The number of halogens is 2. The summed E-state index contributed by atoms with van der Waals surface area (Å²) in [5.74, 6) is -0.138. The Hall–Kier alpha value is -3.00. The normalized spacial score (nSPS) is 16.5. The first-order valence-corrected chi connectivity index (χ1v) is 8.82. The van der Waals surface area contributed by atoms with E-state index in [9.17, 15) is 13.6 Å². The van der Waals surface area contributed by atoms with Crippen LogP contribution in [0.15, 0.2) is 54.1 Å². The molecule has 0 saturated carbocycles. The van der Waals surface area contributed by atoms with Crippen molar-refractivity contribution in [3.8, 4) is 11.5 Å². The molecule has 8 heteroatoms. The van der Waals surface area contributed by atoms with Gasteiger partial charge in [0.1, 0.15) is 0 Å². The van der Waals surface area contributed by atoms with Crippen LogP contribution in [0.25, 0.3) is 5.70 Å². The first-order valence-electron chi connectivity index (χ1n) is 8.41. The molecule has 1 atom stereocenters. The Morgan fingerprint density at radius 1 is 1.14 bits per heavy atom. The molecule has 1 heterocycles. The minimum absolute atomic E-state index is 0.120. The third-order valence-corrected chi connectivity index (χ3v) is 4.47. The molecule has 28 heavy (non-hydrogen) atoms. The summed E-state index contributed by atoms with van der Waals surface area (Å²) in [5.41, 5.74) is 2.35. The van der Waals surface area contributed by atoms with Crippen molar-refractivity contribution in [2.75, 3.05) is 7.11 Å². The fraction of sp³-hybridized carbons (Fsp3) is 0.200. The molecule has 1 aliphatic heterocycles. The number of Topliss-reactive ketones (excluding diaryl/α,β-unsaturated/α-hetero) is 1. The molecule has 146 valence electrons. The van der Waals surface area contributed by atoms with Gasteiger partial charge in [0.05, 0.1) is 18.8 Å². The number of ketones is 1. The highest BCUT2D eigenvalue weighted by Gasteiger charge is 2.31. The van der Waals surface area contributed by atoms with Crippen LogP contribution in [0.2, 0.25) is 0 Å². The molecule has 5 nitrogen and oxygen atoms in total. The number of methoxy groups -OCH3 is 1. The predicted molar refractivity (Wildman–Crippen MR) is 105 cm³/mol. The molecule has 0 unspecified atom stereocenters. The maximum Gasteiger partial charge on any atom is 0.387 e. The van der Waals surface area contributed by atoms with Gasteiger partial charge in [-0.1, -0.05) is 36.4 Å². The molecule has 1 aliphatic rings. The van der Waals surface area contributed by atoms with E-state index in [1.165, 1.54) is 26.2 Å². The maximum atomic E-state index is 12.8. The maximum absolute atomic E-state index is 12.8. The van der Waals surface area contributed by atoms with Gasteiger partial charge in [-0.05, 0) is 42.4 Å². The molecule has 0 saturated heterocycles. The van der Waals surface area contributed by atoms with Crippen LogP contribution in [0.5, 0.6) is 11.5 Å². The van der Waals surface area contributed by atoms with Crippen LogP contribution in [0.4, 0.5) is 8.78 Å². The molecule has 2 N–H and O–H groups in total. The number of rotatable bonds is 6. The van der Waals surface area contributed by atoms with E-state index in [0.29, 0.717) is 21.9 Å². The lowest BCUT2D eigenvalue weighted by Gasteiger charge is -2.31. The van der Waals surface area contributed by atoms with E-state index in [-0.39, 0.29) is 17.3 Å². The molecule has 0 aromatic heterocycles. The fourth-order valence-electron chi connectivity index (χ4n) is 3.09. The Morgan fingerprint density at radius 3 is 2.46 bits per heavy atom. The van der Waals surface area contributed by atoms with E-state index in [1.54, 1.807) is 6.07 Å². The number of benzene rings is 2. The van der Waals surface area contributed by atoms with Crippen molar-refractivity contribution >= 4 is 28.8 Å². The van der Waals surface area contributed by atoms with Gasteiger partial charge in [0.2, 0.25) is 0 Å². The fourth-order valence-corrected chi connectivity index (χ4v) is 3.31. The largest absolute Gasteiger partial charge is 0.493 e. The van der Waals surface area contributed by atoms with E-state index in [2.05, 4.69) is 15.4 Å². The Labute approximate surface area is 166 Å². The van der Waals surface area contributed by atoms with Gasteiger partial charge in [0, 0.05) is 5.57 Å². The highest BCUT2D eigenvalue weighted by molar-refractivity contribution is 7.80. The summed E-state index contributed by atoms with van der Waals surface area (Å²) in [7, 11) is 1.36. The minimum atomic E-state index is -3.01. The molecule has 0 aliphatic carbocycles. The zero-order valence-electron chi connectivity index (χ0n) is 15.2. The highest BCUT2D eigenvalue weighted by Crippen LogP contribution is 2.36. The Bertz CT molecular complexity index is 932. The number of hydrogen-bond acceptors (Lipinski definition) is 4. The zero-order chi connectivity index (χ0) is 20.3. The van der Waals surface area contributed by atoms with Crippen LogP contribution in [0, 0.1) is 0 Å². The van der Waals surface area contributed by atoms with Crippen LogP contribution in [0.1, 0.15) is 24.1 Å². The zero-order valence-corrected chi connectivity index (χ0v) is 16.0. The van der Waals surface area contributed by atoms with Gasteiger partial charge >= 0.3 is 6.61 Å². The lowest BCUT2D eigenvalue weighted by atomic mass is 9.90. The van der Waals surface area contributed by atoms with E-state index >= 15 is 0 Å². The van der Waals surface area contributed by atoms with Crippen LogP contribution in [0.3, 0.4) is 0 Å². The average Bonchev–Trinajstić information content (AvgIpc) is 2.67. The number of thiocarbonyl (C=S) groups is 1. The van der Waals surface area contributed by atoms with Crippen LogP contribution in [-0.2, 0) is 4.79 Å². The van der Waals surface area contributed by atoms with Gasteiger partial charge in [0.15, 0.2) is 22.4 Å². The molecular weight excluding hydrogens is 386 g/mol. The topological polar surface area (TPSA) is 59.6 Å².